The Bertz CT molecular complexity index is 597. The lowest BCUT2D eigenvalue weighted by Crippen LogP contribution is -2.19. The normalized spacial score (nSPS) is 12.4. The third kappa shape index (κ3) is 3.48. The molecule has 1 N–H and O–H groups in total. The zero-order valence-electron chi connectivity index (χ0n) is 10.8. The summed E-state index contributed by atoms with van der Waals surface area (Å²) in [5.41, 5.74) is 1.35. The Morgan fingerprint density at radius 2 is 1.75 bits per heavy atom. The molecule has 2 aromatic rings. The smallest absolute Gasteiger partial charge is 0.126 e. The van der Waals surface area contributed by atoms with E-state index in [1.807, 2.05) is 6.07 Å². The molecule has 5 heteroatoms. The van der Waals surface area contributed by atoms with Gasteiger partial charge in [-0.3, -0.25) is 0 Å². The number of nitrogens with one attached hydrogen (secondary N) is 1. The lowest BCUT2D eigenvalue weighted by atomic mass is 9.99. The Hall–Kier alpha value is -1.16. The van der Waals surface area contributed by atoms with E-state index in [-0.39, 0.29) is 6.04 Å². The molecule has 1 nitrogen and oxygen atoms in total. The highest BCUT2D eigenvalue weighted by Gasteiger charge is 2.16. The molecule has 0 radical (unpaired) electrons. The molecule has 0 aliphatic rings. The van der Waals surface area contributed by atoms with Gasteiger partial charge in [0.15, 0.2) is 0 Å². The molecule has 2 aromatic carbocycles. The van der Waals surface area contributed by atoms with Crippen molar-refractivity contribution in [2.75, 3.05) is 7.05 Å². The van der Waals surface area contributed by atoms with Gasteiger partial charge >= 0.3 is 0 Å². The van der Waals surface area contributed by atoms with Crippen molar-refractivity contribution in [3.63, 3.8) is 0 Å². The second kappa shape index (κ2) is 6.53. The summed E-state index contributed by atoms with van der Waals surface area (Å²) in [6.07, 6.45) is 0.408. The first-order valence-electron chi connectivity index (χ1n) is 6.07. The monoisotopic (exact) mass is 315 g/mol. The third-order valence-corrected chi connectivity index (χ3v) is 3.90. The van der Waals surface area contributed by atoms with Crippen LogP contribution in [0, 0.1) is 11.6 Å². The predicted octanol–water partition coefficient (Wildman–Crippen LogP) is 4.77. The molecule has 0 aliphatic carbocycles. The summed E-state index contributed by atoms with van der Waals surface area (Å²) in [6.45, 7) is 0. The highest BCUT2D eigenvalue weighted by molar-refractivity contribution is 6.42. The van der Waals surface area contributed by atoms with Crippen molar-refractivity contribution in [1.29, 1.82) is 0 Å². The molecule has 0 aliphatic heterocycles. The molecule has 0 fully saturated rings. The van der Waals surface area contributed by atoms with E-state index >= 15 is 0 Å². The highest BCUT2D eigenvalue weighted by atomic mass is 35.5. The van der Waals surface area contributed by atoms with E-state index in [2.05, 4.69) is 5.32 Å². The maximum atomic E-state index is 13.2. The van der Waals surface area contributed by atoms with Crippen LogP contribution in [-0.2, 0) is 6.42 Å². The van der Waals surface area contributed by atoms with Crippen LogP contribution < -0.4 is 5.32 Å². The van der Waals surface area contributed by atoms with E-state index in [1.165, 1.54) is 12.1 Å². The average molecular weight is 316 g/mol. The van der Waals surface area contributed by atoms with Gasteiger partial charge in [-0.2, -0.15) is 0 Å². The number of benzene rings is 2. The number of rotatable bonds is 4. The molecule has 0 bridgehead atoms. The summed E-state index contributed by atoms with van der Waals surface area (Å²) in [5.74, 6) is -1.18. The topological polar surface area (TPSA) is 12.0 Å². The van der Waals surface area contributed by atoms with Crippen molar-refractivity contribution in [1.82, 2.24) is 5.32 Å². The van der Waals surface area contributed by atoms with E-state index in [0.717, 1.165) is 11.6 Å². The lowest BCUT2D eigenvalue weighted by Gasteiger charge is -2.19. The van der Waals surface area contributed by atoms with Crippen LogP contribution in [0.3, 0.4) is 0 Å². The van der Waals surface area contributed by atoms with E-state index in [9.17, 15) is 8.78 Å². The van der Waals surface area contributed by atoms with Gasteiger partial charge in [0.05, 0.1) is 10.0 Å². The quantitative estimate of drug-likeness (QED) is 0.856. The molecule has 0 spiro atoms. The average Bonchev–Trinajstić information content (AvgIpc) is 2.38. The third-order valence-electron chi connectivity index (χ3n) is 3.07. The summed E-state index contributed by atoms with van der Waals surface area (Å²) < 4.78 is 26.4. The van der Waals surface area contributed by atoms with Crippen molar-refractivity contribution in [2.45, 2.75) is 12.5 Å². The molecule has 0 saturated heterocycles. The first-order valence-corrected chi connectivity index (χ1v) is 6.83. The van der Waals surface area contributed by atoms with E-state index in [4.69, 9.17) is 23.2 Å². The van der Waals surface area contributed by atoms with Gasteiger partial charge < -0.3 is 5.32 Å². The van der Waals surface area contributed by atoms with Gasteiger partial charge in [-0.15, -0.1) is 0 Å². The van der Waals surface area contributed by atoms with Crippen LogP contribution >= 0.6 is 23.2 Å². The van der Waals surface area contributed by atoms with E-state index in [0.29, 0.717) is 22.0 Å². The molecular weight excluding hydrogens is 303 g/mol. The van der Waals surface area contributed by atoms with Crippen molar-refractivity contribution in [3.05, 3.63) is 69.2 Å². The van der Waals surface area contributed by atoms with Gasteiger partial charge in [-0.25, -0.2) is 8.78 Å². The van der Waals surface area contributed by atoms with Crippen LogP contribution in [0.4, 0.5) is 8.78 Å². The summed E-state index contributed by atoms with van der Waals surface area (Å²) >= 11 is 12.2. The number of hydrogen-bond acceptors (Lipinski definition) is 1. The molecule has 20 heavy (non-hydrogen) atoms. The van der Waals surface area contributed by atoms with Gasteiger partial charge in [0.25, 0.3) is 0 Å². The fourth-order valence-corrected chi connectivity index (χ4v) is 2.56. The first-order chi connectivity index (χ1) is 9.51. The fourth-order valence-electron chi connectivity index (χ4n) is 2.12. The molecule has 106 valence electrons. The van der Waals surface area contributed by atoms with Crippen molar-refractivity contribution < 1.29 is 8.78 Å². The summed E-state index contributed by atoms with van der Waals surface area (Å²) in [5, 5.41) is 3.99. The molecule has 0 aromatic heterocycles. The van der Waals surface area contributed by atoms with Gasteiger partial charge in [0.1, 0.15) is 11.6 Å². The summed E-state index contributed by atoms with van der Waals surface area (Å²) in [6, 6.07) is 8.62. The number of hydrogen-bond donors (Lipinski definition) is 1. The summed E-state index contributed by atoms with van der Waals surface area (Å²) in [4.78, 5) is 0. The van der Waals surface area contributed by atoms with Gasteiger partial charge in [-0.1, -0.05) is 35.3 Å². The lowest BCUT2D eigenvalue weighted by molar-refractivity contribution is 0.562. The van der Waals surface area contributed by atoms with Gasteiger partial charge in [0, 0.05) is 12.1 Å². The highest BCUT2D eigenvalue weighted by Crippen LogP contribution is 2.31. The largest absolute Gasteiger partial charge is 0.313 e. The van der Waals surface area contributed by atoms with Crippen LogP contribution in [0.2, 0.25) is 10.0 Å². The Labute approximate surface area is 126 Å². The minimum atomic E-state index is -0.591. The minimum absolute atomic E-state index is 0.178. The Morgan fingerprint density at radius 3 is 2.35 bits per heavy atom. The minimum Gasteiger partial charge on any atom is -0.313 e. The van der Waals surface area contributed by atoms with Crippen molar-refractivity contribution in [2.24, 2.45) is 0 Å². The molecule has 0 heterocycles. The second-order valence-electron chi connectivity index (χ2n) is 4.47. The molecule has 2 rings (SSSR count). The number of likely N-dealkylation sites (N-methyl/N-ethyl adjacent to an activating group) is 1. The van der Waals surface area contributed by atoms with Crippen LogP contribution in [0.25, 0.3) is 0 Å². The van der Waals surface area contributed by atoms with Crippen molar-refractivity contribution in [3.8, 4) is 0 Å². The standard InChI is InChI=1S/C15H13Cl2F2N/c1-20-14(12-3-2-4-13(16)15(12)17)7-9-5-10(18)8-11(19)6-9/h2-6,8,14,20H,7H2,1H3. The molecule has 0 amide bonds. The SMILES string of the molecule is CNC(Cc1cc(F)cc(F)c1)c1cccc(Cl)c1Cl. The molecule has 0 saturated carbocycles. The maximum absolute atomic E-state index is 13.2. The zero-order chi connectivity index (χ0) is 14.7. The van der Waals surface area contributed by atoms with Crippen LogP contribution in [0.5, 0.6) is 0 Å². The molecule has 1 atom stereocenters. The first kappa shape index (κ1) is 15.2. The molecule has 1 unspecified atom stereocenters. The second-order valence-corrected chi connectivity index (χ2v) is 5.25. The fraction of sp³-hybridized carbons (Fsp3) is 0.200. The number of halogens is 4. The molecular formula is C15H13Cl2F2N. The Morgan fingerprint density at radius 1 is 1.10 bits per heavy atom. The van der Waals surface area contributed by atoms with Crippen LogP contribution in [0.15, 0.2) is 36.4 Å². The van der Waals surface area contributed by atoms with Crippen LogP contribution in [0.1, 0.15) is 17.2 Å². The van der Waals surface area contributed by atoms with Gasteiger partial charge in [0.2, 0.25) is 0 Å². The van der Waals surface area contributed by atoms with E-state index in [1.54, 1.807) is 19.2 Å². The predicted molar refractivity (Wildman–Crippen MR) is 78.3 cm³/mol. The van der Waals surface area contributed by atoms with Crippen LogP contribution in [-0.4, -0.2) is 7.05 Å². The summed E-state index contributed by atoms with van der Waals surface area (Å²) in [7, 11) is 1.76. The Kier molecular flexibility index (Phi) is 4.97. The zero-order valence-corrected chi connectivity index (χ0v) is 12.3. The Balaban J connectivity index is 2.31. The van der Waals surface area contributed by atoms with E-state index < -0.39 is 11.6 Å². The van der Waals surface area contributed by atoms with Gasteiger partial charge in [-0.05, 0) is 42.8 Å². The maximum Gasteiger partial charge on any atom is 0.126 e. The van der Waals surface area contributed by atoms with Crippen molar-refractivity contribution >= 4 is 23.2 Å².